The van der Waals surface area contributed by atoms with Crippen LogP contribution in [-0.4, -0.2) is 23.5 Å². The van der Waals surface area contributed by atoms with Crippen LogP contribution in [0.2, 0.25) is 0 Å². The van der Waals surface area contributed by atoms with Gasteiger partial charge in [-0.15, -0.1) is 0 Å². The van der Waals surface area contributed by atoms with E-state index in [0.717, 1.165) is 22.4 Å². The summed E-state index contributed by atoms with van der Waals surface area (Å²) in [6.07, 6.45) is 0. The second-order valence-corrected chi connectivity index (χ2v) is 5.94. The second-order valence-electron chi connectivity index (χ2n) is 5.94. The minimum atomic E-state index is -0.465. The molecule has 0 bridgehead atoms. The lowest BCUT2D eigenvalue weighted by atomic mass is 10.1. The van der Waals surface area contributed by atoms with E-state index in [4.69, 9.17) is 4.52 Å². The van der Waals surface area contributed by atoms with Crippen LogP contribution in [0, 0.1) is 13.8 Å². The molecule has 0 aliphatic carbocycles. The Morgan fingerprint density at radius 3 is 2.38 bits per heavy atom. The van der Waals surface area contributed by atoms with Crippen LogP contribution in [0.5, 0.6) is 0 Å². The summed E-state index contributed by atoms with van der Waals surface area (Å²) in [4.78, 5) is 24.3. The number of hydrogen-bond acceptors (Lipinski definition) is 4. The zero-order chi connectivity index (χ0) is 18.5. The SMILES string of the molecule is Cc1cccc(C)c1NC(=O)CNC(=O)c1cc(-c2ccccc2)on1. The quantitative estimate of drug-likeness (QED) is 0.740. The van der Waals surface area contributed by atoms with Gasteiger partial charge in [0.25, 0.3) is 5.91 Å². The van der Waals surface area contributed by atoms with Gasteiger partial charge in [-0.2, -0.15) is 0 Å². The van der Waals surface area contributed by atoms with Crippen molar-refractivity contribution in [3.05, 3.63) is 71.4 Å². The summed E-state index contributed by atoms with van der Waals surface area (Å²) in [6.45, 7) is 3.68. The number of anilines is 1. The third-order valence-electron chi connectivity index (χ3n) is 3.96. The van der Waals surface area contributed by atoms with Crippen molar-refractivity contribution in [3.63, 3.8) is 0 Å². The fourth-order valence-corrected chi connectivity index (χ4v) is 2.57. The number of nitrogens with zero attached hydrogens (tertiary/aromatic N) is 1. The van der Waals surface area contributed by atoms with Crippen molar-refractivity contribution in [1.29, 1.82) is 0 Å². The Labute approximate surface area is 151 Å². The first-order valence-corrected chi connectivity index (χ1v) is 8.21. The van der Waals surface area contributed by atoms with E-state index >= 15 is 0 Å². The van der Waals surface area contributed by atoms with Gasteiger partial charge in [0.05, 0.1) is 6.54 Å². The Hall–Kier alpha value is -3.41. The van der Waals surface area contributed by atoms with Gasteiger partial charge in [0, 0.05) is 17.3 Å². The topological polar surface area (TPSA) is 84.2 Å². The van der Waals surface area contributed by atoms with E-state index in [1.165, 1.54) is 0 Å². The zero-order valence-electron chi connectivity index (χ0n) is 14.6. The van der Waals surface area contributed by atoms with Crippen molar-refractivity contribution in [2.45, 2.75) is 13.8 Å². The van der Waals surface area contributed by atoms with Crippen molar-refractivity contribution in [2.24, 2.45) is 0 Å². The smallest absolute Gasteiger partial charge is 0.273 e. The lowest BCUT2D eigenvalue weighted by Gasteiger charge is -2.11. The summed E-state index contributed by atoms with van der Waals surface area (Å²) in [5, 5.41) is 9.13. The molecular formula is C20H19N3O3. The molecule has 0 saturated heterocycles. The minimum Gasteiger partial charge on any atom is -0.355 e. The van der Waals surface area contributed by atoms with E-state index < -0.39 is 5.91 Å². The summed E-state index contributed by atoms with van der Waals surface area (Å²) in [5.74, 6) is -0.272. The molecule has 0 unspecified atom stereocenters. The monoisotopic (exact) mass is 349 g/mol. The van der Waals surface area contributed by atoms with Gasteiger partial charge in [0.1, 0.15) is 0 Å². The molecule has 0 aliphatic heterocycles. The zero-order valence-corrected chi connectivity index (χ0v) is 14.6. The number of carbonyl (C=O) groups excluding carboxylic acids is 2. The van der Waals surface area contributed by atoms with Crippen LogP contribution >= 0.6 is 0 Å². The van der Waals surface area contributed by atoms with Crippen LogP contribution in [0.25, 0.3) is 11.3 Å². The maximum Gasteiger partial charge on any atom is 0.273 e. The molecule has 0 atom stereocenters. The predicted molar refractivity (Wildman–Crippen MR) is 98.8 cm³/mol. The van der Waals surface area contributed by atoms with Gasteiger partial charge in [0.2, 0.25) is 5.91 Å². The Kier molecular flexibility index (Phi) is 5.12. The maximum absolute atomic E-state index is 12.2. The van der Waals surface area contributed by atoms with Crippen LogP contribution in [0.1, 0.15) is 21.6 Å². The number of hydrogen-bond donors (Lipinski definition) is 2. The first-order chi connectivity index (χ1) is 12.5. The summed E-state index contributed by atoms with van der Waals surface area (Å²) in [6, 6.07) is 16.7. The predicted octanol–water partition coefficient (Wildman–Crippen LogP) is 3.33. The summed E-state index contributed by atoms with van der Waals surface area (Å²) < 4.78 is 5.19. The van der Waals surface area contributed by atoms with Gasteiger partial charge in [-0.25, -0.2) is 0 Å². The Morgan fingerprint density at radius 1 is 1.00 bits per heavy atom. The number of benzene rings is 2. The molecule has 3 rings (SSSR count). The van der Waals surface area contributed by atoms with Crippen molar-refractivity contribution >= 4 is 17.5 Å². The average Bonchev–Trinajstić information content (AvgIpc) is 3.14. The molecule has 2 amide bonds. The molecule has 0 saturated carbocycles. The summed E-state index contributed by atoms with van der Waals surface area (Å²) >= 11 is 0. The van der Waals surface area contributed by atoms with E-state index in [1.54, 1.807) is 6.07 Å². The third kappa shape index (κ3) is 3.97. The normalized spacial score (nSPS) is 10.4. The highest BCUT2D eigenvalue weighted by Crippen LogP contribution is 2.20. The number of nitrogens with one attached hydrogen (secondary N) is 2. The van der Waals surface area contributed by atoms with E-state index in [1.807, 2.05) is 62.4 Å². The maximum atomic E-state index is 12.2. The number of aromatic nitrogens is 1. The molecule has 2 aromatic carbocycles. The fraction of sp³-hybridized carbons (Fsp3) is 0.150. The molecule has 0 spiro atoms. The van der Waals surface area contributed by atoms with E-state index in [-0.39, 0.29) is 18.1 Å². The van der Waals surface area contributed by atoms with Crippen LogP contribution in [0.3, 0.4) is 0 Å². The highest BCUT2D eigenvalue weighted by Gasteiger charge is 2.15. The number of amides is 2. The molecule has 6 nitrogen and oxygen atoms in total. The second kappa shape index (κ2) is 7.65. The van der Waals surface area contributed by atoms with Gasteiger partial charge in [-0.1, -0.05) is 53.7 Å². The Balaban J connectivity index is 1.59. The van der Waals surface area contributed by atoms with Crippen LogP contribution in [-0.2, 0) is 4.79 Å². The van der Waals surface area contributed by atoms with Crippen LogP contribution in [0.15, 0.2) is 59.1 Å². The van der Waals surface area contributed by atoms with Crippen molar-refractivity contribution in [3.8, 4) is 11.3 Å². The van der Waals surface area contributed by atoms with Gasteiger partial charge in [-0.3, -0.25) is 9.59 Å². The first kappa shape index (κ1) is 17.4. The lowest BCUT2D eigenvalue weighted by molar-refractivity contribution is -0.115. The molecule has 0 aliphatic rings. The molecular weight excluding hydrogens is 330 g/mol. The standard InChI is InChI=1S/C20H19N3O3/c1-13-7-6-8-14(2)19(13)22-18(24)12-21-20(25)16-11-17(26-23-16)15-9-4-3-5-10-15/h3-11H,12H2,1-2H3,(H,21,25)(H,22,24). The van der Waals surface area contributed by atoms with Crippen LogP contribution < -0.4 is 10.6 Å². The lowest BCUT2D eigenvalue weighted by Crippen LogP contribution is -2.33. The Bertz CT molecular complexity index is 912. The molecule has 1 heterocycles. The van der Waals surface area contributed by atoms with Gasteiger partial charge < -0.3 is 15.2 Å². The minimum absolute atomic E-state index is 0.128. The van der Waals surface area contributed by atoms with Gasteiger partial charge in [-0.05, 0) is 25.0 Å². The fourth-order valence-electron chi connectivity index (χ4n) is 2.57. The molecule has 0 fully saturated rings. The third-order valence-corrected chi connectivity index (χ3v) is 3.96. The highest BCUT2D eigenvalue weighted by atomic mass is 16.5. The molecule has 2 N–H and O–H groups in total. The number of para-hydroxylation sites is 1. The number of rotatable bonds is 5. The molecule has 26 heavy (non-hydrogen) atoms. The van der Waals surface area contributed by atoms with Crippen molar-refractivity contribution < 1.29 is 14.1 Å². The first-order valence-electron chi connectivity index (χ1n) is 8.21. The summed E-state index contributed by atoms with van der Waals surface area (Å²) in [7, 11) is 0. The Morgan fingerprint density at radius 2 is 1.69 bits per heavy atom. The highest BCUT2D eigenvalue weighted by molar-refractivity contribution is 5.99. The van der Waals surface area contributed by atoms with E-state index in [9.17, 15) is 9.59 Å². The van der Waals surface area contributed by atoms with Crippen molar-refractivity contribution in [1.82, 2.24) is 10.5 Å². The van der Waals surface area contributed by atoms with Crippen molar-refractivity contribution in [2.75, 3.05) is 11.9 Å². The molecule has 132 valence electrons. The van der Waals surface area contributed by atoms with Gasteiger partial charge in [0.15, 0.2) is 11.5 Å². The molecule has 1 aromatic heterocycles. The van der Waals surface area contributed by atoms with Crippen LogP contribution in [0.4, 0.5) is 5.69 Å². The molecule has 0 radical (unpaired) electrons. The largest absolute Gasteiger partial charge is 0.355 e. The average molecular weight is 349 g/mol. The molecule has 6 heteroatoms. The number of aryl methyl sites for hydroxylation is 2. The molecule has 3 aromatic rings. The summed E-state index contributed by atoms with van der Waals surface area (Å²) in [5.41, 5.74) is 3.65. The van der Waals surface area contributed by atoms with E-state index in [2.05, 4.69) is 15.8 Å². The van der Waals surface area contributed by atoms with E-state index in [0.29, 0.717) is 5.76 Å². The van der Waals surface area contributed by atoms with Gasteiger partial charge >= 0.3 is 0 Å². The number of carbonyl (C=O) groups is 2.